The van der Waals surface area contributed by atoms with Crippen molar-refractivity contribution in [3.63, 3.8) is 0 Å². The molecule has 0 aliphatic carbocycles. The molecule has 1 unspecified atom stereocenters. The van der Waals surface area contributed by atoms with Gasteiger partial charge in [-0.05, 0) is 18.4 Å². The van der Waals surface area contributed by atoms with Crippen LogP contribution in [0, 0.1) is 0 Å². The van der Waals surface area contributed by atoms with Gasteiger partial charge in [0, 0.05) is 50.8 Å². The van der Waals surface area contributed by atoms with E-state index in [1.165, 1.54) is 4.88 Å². The van der Waals surface area contributed by atoms with Crippen LogP contribution < -0.4 is 10.2 Å². The van der Waals surface area contributed by atoms with Gasteiger partial charge in [-0.15, -0.1) is 11.3 Å². The van der Waals surface area contributed by atoms with Gasteiger partial charge < -0.3 is 19.9 Å². The summed E-state index contributed by atoms with van der Waals surface area (Å²) in [4.78, 5) is 25.4. The Kier molecular flexibility index (Phi) is 7.21. The highest BCUT2D eigenvalue weighted by molar-refractivity contribution is 7.10. The molecule has 1 N–H and O–H groups in total. The first-order valence-corrected chi connectivity index (χ1v) is 11.7. The van der Waals surface area contributed by atoms with E-state index in [0.29, 0.717) is 19.6 Å². The molecule has 2 aromatic rings. The summed E-state index contributed by atoms with van der Waals surface area (Å²) >= 11 is 1.77. The van der Waals surface area contributed by atoms with E-state index in [9.17, 15) is 4.79 Å². The third kappa shape index (κ3) is 5.25. The fourth-order valence-electron chi connectivity index (χ4n) is 4.03. The number of thiophene rings is 1. The Morgan fingerprint density at radius 1 is 1.32 bits per heavy atom. The molecular weight excluding hydrogens is 414 g/mol. The molecule has 1 atom stereocenters. The summed E-state index contributed by atoms with van der Waals surface area (Å²) in [5.74, 6) is 0.865. The number of carbonyl (C=O) groups is 1. The van der Waals surface area contributed by atoms with Crippen molar-refractivity contribution in [2.24, 2.45) is 12.0 Å². The molecule has 1 amide bonds. The number of aryl methyl sites for hydroxylation is 1. The Hall–Kier alpha value is -2.43. The number of guanidine groups is 1. The van der Waals surface area contributed by atoms with Crippen LogP contribution in [0.5, 0.6) is 0 Å². The lowest BCUT2D eigenvalue weighted by Crippen LogP contribution is -2.55. The number of ether oxygens (including phenoxy) is 1. The maximum absolute atomic E-state index is 12.8. The van der Waals surface area contributed by atoms with E-state index in [0.717, 1.165) is 51.0 Å². The third-order valence-corrected chi connectivity index (χ3v) is 6.60. The smallest absolute Gasteiger partial charge is 0.246 e. The minimum Gasteiger partial charge on any atom is -0.379 e. The standard InChI is InChI=1S/C21H31N7O2S/c1-3-22-21(27-6-7-28(20(29)16-27)17-13-24-25(2)15-17)23-14-18(19-5-4-12-31-19)26-8-10-30-11-9-26/h4-5,12-13,15,18H,3,6-11,14,16H2,1-2H3,(H,22,23). The van der Waals surface area contributed by atoms with Crippen LogP contribution in [0.1, 0.15) is 17.8 Å². The topological polar surface area (TPSA) is 78.2 Å². The molecule has 0 bridgehead atoms. The Bertz CT molecular complexity index is 876. The Morgan fingerprint density at radius 2 is 2.16 bits per heavy atom. The summed E-state index contributed by atoms with van der Waals surface area (Å²) in [6.07, 6.45) is 3.61. The van der Waals surface area contributed by atoms with Gasteiger partial charge in [0.05, 0.1) is 37.7 Å². The molecule has 31 heavy (non-hydrogen) atoms. The normalized spacial score (nSPS) is 19.7. The zero-order valence-electron chi connectivity index (χ0n) is 18.2. The minimum atomic E-state index is 0.0628. The summed E-state index contributed by atoms with van der Waals surface area (Å²) in [7, 11) is 1.86. The van der Waals surface area contributed by atoms with Gasteiger partial charge in [-0.25, -0.2) is 0 Å². The highest BCUT2D eigenvalue weighted by atomic mass is 32.1. The molecule has 168 valence electrons. The van der Waals surface area contributed by atoms with E-state index >= 15 is 0 Å². The predicted molar refractivity (Wildman–Crippen MR) is 123 cm³/mol. The van der Waals surface area contributed by atoms with Crippen molar-refractivity contribution >= 4 is 28.9 Å². The van der Waals surface area contributed by atoms with E-state index < -0.39 is 0 Å². The second-order valence-corrected chi connectivity index (χ2v) is 8.69. The zero-order chi connectivity index (χ0) is 21.6. The lowest BCUT2D eigenvalue weighted by Gasteiger charge is -2.36. The van der Waals surface area contributed by atoms with Crippen LogP contribution in [-0.2, 0) is 16.6 Å². The molecule has 10 heteroatoms. The first-order chi connectivity index (χ1) is 15.2. The second kappa shape index (κ2) is 10.3. The van der Waals surface area contributed by atoms with Gasteiger partial charge in [0.25, 0.3) is 0 Å². The van der Waals surface area contributed by atoms with E-state index in [2.05, 4.69) is 44.7 Å². The number of anilines is 1. The largest absolute Gasteiger partial charge is 0.379 e. The Labute approximate surface area is 187 Å². The number of carbonyl (C=O) groups excluding carboxylic acids is 1. The molecule has 0 radical (unpaired) electrons. The van der Waals surface area contributed by atoms with Crippen LogP contribution >= 0.6 is 11.3 Å². The molecule has 2 saturated heterocycles. The molecule has 0 spiro atoms. The molecular formula is C21H31N7O2S. The Balaban J connectivity index is 1.46. The molecule has 2 aliphatic rings. The van der Waals surface area contributed by atoms with Crippen molar-refractivity contribution in [1.82, 2.24) is 24.9 Å². The van der Waals surface area contributed by atoms with E-state index in [4.69, 9.17) is 9.73 Å². The van der Waals surface area contributed by atoms with Crippen molar-refractivity contribution < 1.29 is 9.53 Å². The fourth-order valence-corrected chi connectivity index (χ4v) is 4.88. The van der Waals surface area contributed by atoms with Crippen molar-refractivity contribution in [2.45, 2.75) is 13.0 Å². The van der Waals surface area contributed by atoms with Gasteiger partial charge in [-0.1, -0.05) is 6.07 Å². The van der Waals surface area contributed by atoms with Gasteiger partial charge >= 0.3 is 0 Å². The minimum absolute atomic E-state index is 0.0628. The average Bonchev–Trinajstić information content (AvgIpc) is 3.46. The van der Waals surface area contributed by atoms with E-state index in [1.807, 2.05) is 13.2 Å². The molecule has 4 heterocycles. The van der Waals surface area contributed by atoms with Crippen molar-refractivity contribution in [3.05, 3.63) is 34.8 Å². The number of rotatable bonds is 6. The van der Waals surface area contributed by atoms with Gasteiger partial charge in [0.2, 0.25) is 5.91 Å². The number of nitrogens with zero attached hydrogens (tertiary/aromatic N) is 6. The van der Waals surface area contributed by atoms with Crippen LogP contribution in [0.4, 0.5) is 5.69 Å². The third-order valence-electron chi connectivity index (χ3n) is 5.63. The summed E-state index contributed by atoms with van der Waals surface area (Å²) in [5, 5.41) is 9.69. The first kappa shape index (κ1) is 21.8. The van der Waals surface area contributed by atoms with E-state index in [1.54, 1.807) is 27.1 Å². The van der Waals surface area contributed by atoms with Crippen molar-refractivity contribution in [1.29, 1.82) is 0 Å². The summed E-state index contributed by atoms with van der Waals surface area (Å²) in [6, 6.07) is 4.51. The number of aliphatic imine (C=N–C) groups is 1. The van der Waals surface area contributed by atoms with Crippen molar-refractivity contribution in [3.8, 4) is 0 Å². The maximum Gasteiger partial charge on any atom is 0.246 e. The molecule has 0 saturated carbocycles. The second-order valence-electron chi connectivity index (χ2n) is 7.71. The molecule has 0 aromatic carbocycles. The summed E-state index contributed by atoms with van der Waals surface area (Å²) in [5.41, 5.74) is 0.846. The number of amides is 1. The lowest BCUT2D eigenvalue weighted by molar-refractivity contribution is -0.120. The van der Waals surface area contributed by atoms with Crippen LogP contribution in [-0.4, -0.2) is 90.5 Å². The van der Waals surface area contributed by atoms with Crippen molar-refractivity contribution in [2.75, 3.05) is 63.9 Å². The Morgan fingerprint density at radius 3 is 2.81 bits per heavy atom. The molecule has 2 aliphatic heterocycles. The number of morpholine rings is 1. The molecule has 2 aromatic heterocycles. The van der Waals surface area contributed by atoms with Gasteiger partial charge in [0.1, 0.15) is 6.54 Å². The number of aromatic nitrogens is 2. The van der Waals surface area contributed by atoms with E-state index in [-0.39, 0.29) is 11.9 Å². The van der Waals surface area contributed by atoms with Crippen LogP contribution in [0.2, 0.25) is 0 Å². The van der Waals surface area contributed by atoms with Gasteiger partial charge in [-0.2, -0.15) is 5.10 Å². The number of nitrogens with one attached hydrogen (secondary N) is 1. The maximum atomic E-state index is 12.8. The number of hydrogen-bond donors (Lipinski definition) is 1. The quantitative estimate of drug-likeness (QED) is 0.531. The monoisotopic (exact) mass is 445 g/mol. The summed E-state index contributed by atoms with van der Waals surface area (Å²) < 4.78 is 7.26. The average molecular weight is 446 g/mol. The van der Waals surface area contributed by atoms with Crippen LogP contribution in [0.15, 0.2) is 34.9 Å². The van der Waals surface area contributed by atoms with Crippen LogP contribution in [0.25, 0.3) is 0 Å². The highest BCUT2D eigenvalue weighted by Crippen LogP contribution is 2.26. The van der Waals surface area contributed by atoms with Gasteiger partial charge in [-0.3, -0.25) is 19.4 Å². The molecule has 4 rings (SSSR count). The highest BCUT2D eigenvalue weighted by Gasteiger charge is 2.29. The number of piperazine rings is 1. The molecule has 2 fully saturated rings. The van der Waals surface area contributed by atoms with Crippen LogP contribution in [0.3, 0.4) is 0 Å². The summed E-state index contributed by atoms with van der Waals surface area (Å²) in [6.45, 7) is 8.47. The SMILES string of the molecule is CCNC(=NCC(c1cccs1)N1CCOCC1)N1CCN(c2cnn(C)c2)C(=O)C1. The molecule has 9 nitrogen and oxygen atoms in total. The first-order valence-electron chi connectivity index (χ1n) is 10.8. The zero-order valence-corrected chi connectivity index (χ0v) is 19.1. The lowest BCUT2D eigenvalue weighted by atomic mass is 10.2. The predicted octanol–water partition coefficient (Wildman–Crippen LogP) is 1.17. The van der Waals surface area contributed by atoms with Gasteiger partial charge in [0.15, 0.2) is 5.96 Å². The number of hydrogen-bond acceptors (Lipinski definition) is 6. The fraction of sp³-hybridized carbons (Fsp3) is 0.571.